The Labute approximate surface area is 107 Å². The number of halogens is 1. The van der Waals surface area contributed by atoms with E-state index >= 15 is 0 Å². The number of aromatic nitrogens is 2. The third-order valence-electron chi connectivity index (χ3n) is 3.55. The van der Waals surface area contributed by atoms with Gasteiger partial charge < -0.3 is 0 Å². The number of carbonyl (C=O) groups is 1. The van der Waals surface area contributed by atoms with E-state index in [4.69, 9.17) is 11.6 Å². The summed E-state index contributed by atoms with van der Waals surface area (Å²) in [6.45, 7) is 2.67. The molecule has 1 aliphatic carbocycles. The lowest BCUT2D eigenvalue weighted by molar-refractivity contribution is 0.0897. The summed E-state index contributed by atoms with van der Waals surface area (Å²) in [7, 11) is 0. The Morgan fingerprint density at radius 2 is 2.06 bits per heavy atom. The fourth-order valence-electron chi connectivity index (χ4n) is 2.58. The standard InChI is InChI=1S/C13H19ClN2O/c1-2-16-12(11(14)9-15-16)13(17)10-7-5-3-4-6-8-10/h9-10H,2-8H2,1H3. The lowest BCUT2D eigenvalue weighted by Crippen LogP contribution is -2.19. The number of hydrogen-bond donors (Lipinski definition) is 0. The van der Waals surface area contributed by atoms with Crippen LogP contribution in [-0.4, -0.2) is 15.6 Å². The molecule has 0 unspecified atom stereocenters. The number of carbonyl (C=O) groups excluding carboxylic acids is 1. The van der Waals surface area contributed by atoms with E-state index in [-0.39, 0.29) is 11.7 Å². The van der Waals surface area contributed by atoms with E-state index in [2.05, 4.69) is 5.10 Å². The van der Waals surface area contributed by atoms with Crippen molar-refractivity contribution < 1.29 is 4.79 Å². The van der Waals surface area contributed by atoms with Gasteiger partial charge >= 0.3 is 0 Å². The van der Waals surface area contributed by atoms with Gasteiger partial charge in [-0.1, -0.05) is 37.3 Å². The van der Waals surface area contributed by atoms with Crippen molar-refractivity contribution in [3.8, 4) is 0 Å². The van der Waals surface area contributed by atoms with Gasteiger partial charge in [-0.15, -0.1) is 0 Å². The van der Waals surface area contributed by atoms with E-state index in [1.807, 2.05) is 6.92 Å². The number of rotatable bonds is 3. The molecule has 1 heterocycles. The van der Waals surface area contributed by atoms with E-state index in [0.717, 1.165) is 25.7 Å². The van der Waals surface area contributed by atoms with Crippen molar-refractivity contribution in [2.45, 2.75) is 52.0 Å². The van der Waals surface area contributed by atoms with Crippen molar-refractivity contribution in [1.29, 1.82) is 0 Å². The third-order valence-corrected chi connectivity index (χ3v) is 3.83. The Bertz CT molecular complexity index is 392. The average molecular weight is 255 g/mol. The lowest BCUT2D eigenvalue weighted by atomic mass is 9.93. The summed E-state index contributed by atoms with van der Waals surface area (Å²) >= 11 is 6.07. The predicted molar refractivity (Wildman–Crippen MR) is 68.4 cm³/mol. The smallest absolute Gasteiger partial charge is 0.185 e. The maximum Gasteiger partial charge on any atom is 0.185 e. The van der Waals surface area contributed by atoms with Crippen molar-refractivity contribution in [2.75, 3.05) is 0 Å². The summed E-state index contributed by atoms with van der Waals surface area (Å²) in [5.74, 6) is 0.341. The molecule has 1 aliphatic rings. The van der Waals surface area contributed by atoms with Gasteiger partial charge in [0.05, 0.1) is 11.2 Å². The number of hydrogen-bond acceptors (Lipinski definition) is 2. The van der Waals surface area contributed by atoms with Crippen molar-refractivity contribution in [3.63, 3.8) is 0 Å². The number of aryl methyl sites for hydroxylation is 1. The van der Waals surface area contributed by atoms with Crippen LogP contribution in [-0.2, 0) is 6.54 Å². The normalized spacial score (nSPS) is 18.0. The van der Waals surface area contributed by atoms with Crippen molar-refractivity contribution in [1.82, 2.24) is 9.78 Å². The van der Waals surface area contributed by atoms with Crippen LogP contribution in [0.25, 0.3) is 0 Å². The molecule has 1 aromatic heterocycles. The van der Waals surface area contributed by atoms with Gasteiger partial charge in [-0.05, 0) is 19.8 Å². The van der Waals surface area contributed by atoms with Crippen LogP contribution >= 0.6 is 11.6 Å². The van der Waals surface area contributed by atoms with Crippen LogP contribution in [0.5, 0.6) is 0 Å². The summed E-state index contributed by atoms with van der Waals surface area (Å²) in [6, 6.07) is 0. The summed E-state index contributed by atoms with van der Waals surface area (Å²) < 4.78 is 1.72. The minimum absolute atomic E-state index is 0.150. The minimum atomic E-state index is 0.150. The van der Waals surface area contributed by atoms with Crippen molar-refractivity contribution in [2.24, 2.45) is 5.92 Å². The summed E-state index contributed by atoms with van der Waals surface area (Å²) in [6.07, 6.45) is 8.42. The second-order valence-corrected chi connectivity index (χ2v) is 5.12. The molecule has 3 nitrogen and oxygen atoms in total. The molecule has 0 saturated heterocycles. The van der Waals surface area contributed by atoms with E-state index in [9.17, 15) is 4.79 Å². The highest BCUT2D eigenvalue weighted by Crippen LogP contribution is 2.28. The first-order chi connectivity index (χ1) is 8.24. The van der Waals surface area contributed by atoms with Crippen molar-refractivity contribution >= 4 is 17.4 Å². The zero-order chi connectivity index (χ0) is 12.3. The fourth-order valence-corrected chi connectivity index (χ4v) is 2.82. The summed E-state index contributed by atoms with van der Waals surface area (Å²) in [5, 5.41) is 4.64. The molecule has 0 amide bonds. The molecule has 0 bridgehead atoms. The van der Waals surface area contributed by atoms with Crippen LogP contribution in [0.15, 0.2) is 6.20 Å². The number of nitrogens with zero attached hydrogens (tertiary/aromatic N) is 2. The van der Waals surface area contributed by atoms with Gasteiger partial charge in [0, 0.05) is 12.5 Å². The molecule has 0 atom stereocenters. The first-order valence-corrected chi connectivity index (χ1v) is 6.87. The Kier molecular flexibility index (Phi) is 4.21. The molecular formula is C13H19ClN2O. The zero-order valence-corrected chi connectivity index (χ0v) is 11.0. The average Bonchev–Trinajstić information content (AvgIpc) is 2.56. The SMILES string of the molecule is CCn1ncc(Cl)c1C(=O)C1CCCCCC1. The molecule has 0 aromatic carbocycles. The molecule has 17 heavy (non-hydrogen) atoms. The number of Topliss-reactive ketones (excluding diaryl/α,β-unsaturated/α-hetero) is 1. The van der Waals surface area contributed by atoms with Crippen LogP contribution in [0.1, 0.15) is 55.9 Å². The monoisotopic (exact) mass is 254 g/mol. The third kappa shape index (κ3) is 2.71. The zero-order valence-electron chi connectivity index (χ0n) is 10.3. The van der Waals surface area contributed by atoms with Gasteiger partial charge in [0.15, 0.2) is 5.78 Å². The first kappa shape index (κ1) is 12.6. The van der Waals surface area contributed by atoms with Gasteiger partial charge in [-0.3, -0.25) is 9.48 Å². The Balaban J connectivity index is 2.20. The van der Waals surface area contributed by atoms with Crippen molar-refractivity contribution in [3.05, 3.63) is 16.9 Å². The summed E-state index contributed by atoms with van der Waals surface area (Å²) in [5.41, 5.74) is 0.612. The highest BCUT2D eigenvalue weighted by molar-refractivity contribution is 6.33. The predicted octanol–water partition coefficient (Wildman–Crippen LogP) is 3.71. The van der Waals surface area contributed by atoms with Gasteiger partial charge in [0.25, 0.3) is 0 Å². The largest absolute Gasteiger partial charge is 0.292 e. The Hall–Kier alpha value is -0.830. The molecule has 0 spiro atoms. The first-order valence-electron chi connectivity index (χ1n) is 6.49. The Morgan fingerprint density at radius 3 is 2.65 bits per heavy atom. The summed E-state index contributed by atoms with van der Waals surface area (Å²) in [4.78, 5) is 12.5. The van der Waals surface area contributed by atoms with E-state index < -0.39 is 0 Å². The molecular weight excluding hydrogens is 236 g/mol. The molecule has 94 valence electrons. The topological polar surface area (TPSA) is 34.9 Å². The lowest BCUT2D eigenvalue weighted by Gasteiger charge is -2.13. The van der Waals surface area contributed by atoms with Crippen LogP contribution in [0.2, 0.25) is 5.02 Å². The molecule has 0 aliphatic heterocycles. The van der Waals surface area contributed by atoms with Crippen LogP contribution in [0.3, 0.4) is 0 Å². The van der Waals surface area contributed by atoms with Gasteiger partial charge in [-0.2, -0.15) is 5.10 Å². The molecule has 1 aromatic rings. The molecule has 4 heteroatoms. The highest BCUT2D eigenvalue weighted by Gasteiger charge is 2.26. The van der Waals surface area contributed by atoms with Gasteiger partial charge in [0.2, 0.25) is 0 Å². The highest BCUT2D eigenvalue weighted by atomic mass is 35.5. The quantitative estimate of drug-likeness (QED) is 0.609. The molecule has 0 N–H and O–H groups in total. The number of ketones is 1. The second kappa shape index (κ2) is 5.67. The molecule has 1 fully saturated rings. The fraction of sp³-hybridized carbons (Fsp3) is 0.692. The van der Waals surface area contributed by atoms with E-state index in [0.29, 0.717) is 17.3 Å². The van der Waals surface area contributed by atoms with Gasteiger partial charge in [0.1, 0.15) is 5.69 Å². The molecule has 1 saturated carbocycles. The minimum Gasteiger partial charge on any atom is -0.292 e. The molecule has 2 rings (SSSR count). The van der Waals surface area contributed by atoms with Crippen LogP contribution in [0, 0.1) is 5.92 Å². The Morgan fingerprint density at radius 1 is 1.41 bits per heavy atom. The maximum absolute atomic E-state index is 12.5. The van der Waals surface area contributed by atoms with E-state index in [1.165, 1.54) is 12.8 Å². The van der Waals surface area contributed by atoms with Crippen LogP contribution < -0.4 is 0 Å². The van der Waals surface area contributed by atoms with Gasteiger partial charge in [-0.25, -0.2) is 0 Å². The van der Waals surface area contributed by atoms with E-state index in [1.54, 1.807) is 10.9 Å². The van der Waals surface area contributed by atoms with Crippen LogP contribution in [0.4, 0.5) is 0 Å². The molecule has 0 radical (unpaired) electrons. The maximum atomic E-state index is 12.5. The second-order valence-electron chi connectivity index (χ2n) is 4.71.